The molecule has 0 atom stereocenters. The average molecular weight is 367 g/mol. The van der Waals surface area contributed by atoms with Gasteiger partial charge in [0, 0.05) is 21.9 Å². The lowest BCUT2D eigenvalue weighted by atomic mass is 10.2. The van der Waals surface area contributed by atoms with Gasteiger partial charge < -0.3 is 11.1 Å². The van der Waals surface area contributed by atoms with Gasteiger partial charge in [-0.3, -0.25) is 0 Å². The van der Waals surface area contributed by atoms with Gasteiger partial charge in [-0.2, -0.15) is 13.2 Å². The van der Waals surface area contributed by atoms with Crippen molar-refractivity contribution in [3.63, 3.8) is 0 Å². The first-order chi connectivity index (χ1) is 9.25. The van der Waals surface area contributed by atoms with Gasteiger partial charge in [0.05, 0.1) is 5.56 Å². The van der Waals surface area contributed by atoms with Crippen LogP contribution in [0.15, 0.2) is 34.8 Å². The maximum Gasteiger partial charge on any atom is 0.417 e. The first-order valence-electron chi connectivity index (χ1n) is 5.32. The quantitative estimate of drug-likeness (QED) is 0.748. The van der Waals surface area contributed by atoms with Gasteiger partial charge in [-0.1, -0.05) is 27.5 Å². The maximum absolute atomic E-state index is 12.8. The number of pyridine rings is 1. The van der Waals surface area contributed by atoms with Gasteiger partial charge in [0.15, 0.2) is 0 Å². The average Bonchev–Trinajstić information content (AvgIpc) is 2.29. The van der Waals surface area contributed by atoms with Crippen LogP contribution in [0.2, 0.25) is 5.15 Å². The minimum atomic E-state index is -4.45. The van der Waals surface area contributed by atoms with Crippen molar-refractivity contribution in [2.24, 2.45) is 0 Å². The molecule has 0 bridgehead atoms. The van der Waals surface area contributed by atoms with Crippen LogP contribution in [0.25, 0.3) is 0 Å². The van der Waals surface area contributed by atoms with E-state index in [1.165, 1.54) is 24.3 Å². The number of nitrogen functional groups attached to an aromatic ring is 1. The van der Waals surface area contributed by atoms with E-state index in [-0.39, 0.29) is 21.1 Å². The number of hydrogen-bond donors (Lipinski definition) is 2. The number of nitrogens with one attached hydrogen (secondary N) is 1. The predicted molar refractivity (Wildman–Crippen MR) is 76.1 cm³/mol. The van der Waals surface area contributed by atoms with Crippen LogP contribution in [0, 0.1) is 0 Å². The number of anilines is 3. The van der Waals surface area contributed by atoms with Crippen molar-refractivity contribution < 1.29 is 13.2 Å². The Bertz CT molecular complexity index is 626. The number of nitrogens with zero attached hydrogens (tertiary/aromatic N) is 1. The Kier molecular flexibility index (Phi) is 4.10. The molecule has 20 heavy (non-hydrogen) atoms. The highest BCUT2D eigenvalue weighted by molar-refractivity contribution is 9.10. The summed E-state index contributed by atoms with van der Waals surface area (Å²) in [6.07, 6.45) is -4.45. The molecule has 1 heterocycles. The summed E-state index contributed by atoms with van der Waals surface area (Å²) in [4.78, 5) is 3.92. The lowest BCUT2D eigenvalue weighted by Gasteiger charge is -2.12. The Labute approximate surface area is 126 Å². The van der Waals surface area contributed by atoms with E-state index in [0.29, 0.717) is 5.69 Å². The van der Waals surface area contributed by atoms with Crippen molar-refractivity contribution in [1.29, 1.82) is 0 Å². The number of aromatic nitrogens is 1. The SMILES string of the molecule is Nc1cc(Cl)nc(Nc2ccc(Br)c(C(F)(F)F)c2)c1. The van der Waals surface area contributed by atoms with Crippen molar-refractivity contribution in [2.75, 3.05) is 11.1 Å². The molecule has 0 radical (unpaired) electrons. The molecule has 106 valence electrons. The van der Waals surface area contributed by atoms with E-state index >= 15 is 0 Å². The number of rotatable bonds is 2. The summed E-state index contributed by atoms with van der Waals surface area (Å²) in [6.45, 7) is 0. The largest absolute Gasteiger partial charge is 0.417 e. The second-order valence-electron chi connectivity index (χ2n) is 3.93. The zero-order chi connectivity index (χ0) is 14.9. The van der Waals surface area contributed by atoms with Crippen LogP contribution in [0.3, 0.4) is 0 Å². The maximum atomic E-state index is 12.8. The Morgan fingerprint density at radius 1 is 1.20 bits per heavy atom. The third-order valence-corrected chi connectivity index (χ3v) is 3.25. The fourth-order valence-electron chi connectivity index (χ4n) is 1.55. The highest BCUT2D eigenvalue weighted by Crippen LogP contribution is 2.36. The molecule has 0 saturated heterocycles. The zero-order valence-electron chi connectivity index (χ0n) is 9.80. The molecule has 1 aromatic carbocycles. The molecular formula is C12H8BrClF3N3. The van der Waals surface area contributed by atoms with E-state index in [1.807, 2.05) is 0 Å². The molecule has 0 aliphatic carbocycles. The highest BCUT2D eigenvalue weighted by Gasteiger charge is 2.33. The normalized spacial score (nSPS) is 11.4. The fraction of sp³-hybridized carbons (Fsp3) is 0.0833. The topological polar surface area (TPSA) is 50.9 Å². The van der Waals surface area contributed by atoms with E-state index < -0.39 is 11.7 Å². The third kappa shape index (κ3) is 3.55. The van der Waals surface area contributed by atoms with Gasteiger partial charge in [0.25, 0.3) is 0 Å². The number of benzene rings is 1. The second kappa shape index (κ2) is 5.49. The number of alkyl halides is 3. The van der Waals surface area contributed by atoms with Gasteiger partial charge in [-0.25, -0.2) is 4.98 Å². The first kappa shape index (κ1) is 14.9. The Morgan fingerprint density at radius 3 is 2.50 bits per heavy atom. The van der Waals surface area contributed by atoms with Crippen molar-refractivity contribution in [3.8, 4) is 0 Å². The summed E-state index contributed by atoms with van der Waals surface area (Å²) < 4.78 is 38.3. The zero-order valence-corrected chi connectivity index (χ0v) is 12.1. The fourth-order valence-corrected chi connectivity index (χ4v) is 2.24. The van der Waals surface area contributed by atoms with E-state index in [9.17, 15) is 13.2 Å². The van der Waals surface area contributed by atoms with Crippen LogP contribution in [0.4, 0.5) is 30.4 Å². The molecule has 3 N–H and O–H groups in total. The predicted octanol–water partition coefficient (Wildman–Crippen LogP) is 4.84. The molecule has 0 spiro atoms. The van der Waals surface area contributed by atoms with Crippen LogP contribution in [-0.2, 0) is 6.18 Å². The van der Waals surface area contributed by atoms with Gasteiger partial charge >= 0.3 is 6.18 Å². The molecular weight excluding hydrogens is 359 g/mol. The van der Waals surface area contributed by atoms with Crippen LogP contribution in [-0.4, -0.2) is 4.98 Å². The van der Waals surface area contributed by atoms with Gasteiger partial charge in [-0.15, -0.1) is 0 Å². The smallest absolute Gasteiger partial charge is 0.399 e. The van der Waals surface area contributed by atoms with E-state index in [0.717, 1.165) is 6.07 Å². The van der Waals surface area contributed by atoms with Gasteiger partial charge in [0.2, 0.25) is 0 Å². The molecule has 0 aliphatic heterocycles. The van der Waals surface area contributed by atoms with E-state index in [1.54, 1.807) is 0 Å². The van der Waals surface area contributed by atoms with Crippen molar-refractivity contribution in [2.45, 2.75) is 6.18 Å². The van der Waals surface area contributed by atoms with Crippen LogP contribution >= 0.6 is 27.5 Å². The highest BCUT2D eigenvalue weighted by atomic mass is 79.9. The number of hydrogen-bond acceptors (Lipinski definition) is 3. The Hall–Kier alpha value is -1.47. The van der Waals surface area contributed by atoms with E-state index in [2.05, 4.69) is 26.2 Å². The summed E-state index contributed by atoms with van der Waals surface area (Å²) in [5.41, 5.74) is 5.40. The summed E-state index contributed by atoms with van der Waals surface area (Å²) in [5, 5.41) is 2.88. The van der Waals surface area contributed by atoms with E-state index in [4.69, 9.17) is 17.3 Å². The molecule has 2 rings (SSSR count). The van der Waals surface area contributed by atoms with Gasteiger partial charge in [0.1, 0.15) is 11.0 Å². The van der Waals surface area contributed by atoms with Crippen molar-refractivity contribution >= 4 is 44.7 Å². The summed E-state index contributed by atoms with van der Waals surface area (Å²) in [6, 6.07) is 6.68. The van der Waals surface area contributed by atoms with Crippen molar-refractivity contribution in [1.82, 2.24) is 4.98 Å². The molecule has 3 nitrogen and oxygen atoms in total. The summed E-state index contributed by atoms with van der Waals surface area (Å²) in [5.74, 6) is 0.269. The van der Waals surface area contributed by atoms with Gasteiger partial charge in [-0.05, 0) is 24.3 Å². The third-order valence-electron chi connectivity index (χ3n) is 2.36. The Balaban J connectivity index is 2.35. The van der Waals surface area contributed by atoms with Crippen molar-refractivity contribution in [3.05, 3.63) is 45.5 Å². The molecule has 0 fully saturated rings. The molecule has 0 unspecified atom stereocenters. The Morgan fingerprint density at radius 2 is 1.90 bits per heavy atom. The summed E-state index contributed by atoms with van der Waals surface area (Å²) in [7, 11) is 0. The molecule has 0 amide bonds. The lowest BCUT2D eigenvalue weighted by molar-refractivity contribution is -0.138. The number of nitrogens with two attached hydrogens (primary N) is 1. The minimum absolute atomic E-state index is 0.0332. The molecule has 1 aromatic heterocycles. The molecule has 8 heteroatoms. The van der Waals surface area contributed by atoms with Crippen LogP contribution in [0.5, 0.6) is 0 Å². The molecule has 0 saturated carbocycles. The second-order valence-corrected chi connectivity index (χ2v) is 5.17. The summed E-state index contributed by atoms with van der Waals surface area (Å²) >= 11 is 8.60. The van der Waals surface area contributed by atoms with Crippen LogP contribution in [0.1, 0.15) is 5.56 Å². The minimum Gasteiger partial charge on any atom is -0.399 e. The lowest BCUT2D eigenvalue weighted by Crippen LogP contribution is -2.07. The monoisotopic (exact) mass is 365 g/mol. The number of halogens is 5. The molecule has 0 aliphatic rings. The van der Waals surface area contributed by atoms with Crippen LogP contribution < -0.4 is 11.1 Å². The first-order valence-corrected chi connectivity index (χ1v) is 6.49. The standard InChI is InChI=1S/C12H8BrClF3N3/c13-9-2-1-7(5-8(9)12(15,16)17)19-11-4-6(18)3-10(14)20-11/h1-5H,(H3,18,19,20). The molecule has 2 aromatic rings.